The highest BCUT2D eigenvalue weighted by atomic mass is 32.2. The summed E-state index contributed by atoms with van der Waals surface area (Å²) in [4.78, 5) is 23.0. The molecule has 7 nitrogen and oxygen atoms in total. The number of nitrogens with one attached hydrogen (secondary N) is 2. The third-order valence-electron chi connectivity index (χ3n) is 4.86. The Bertz CT molecular complexity index is 851. The first-order valence-electron chi connectivity index (χ1n) is 9.78. The zero-order valence-electron chi connectivity index (χ0n) is 16.7. The van der Waals surface area contributed by atoms with Gasteiger partial charge < -0.3 is 10.6 Å². The van der Waals surface area contributed by atoms with Crippen molar-refractivity contribution in [1.29, 1.82) is 0 Å². The van der Waals surface area contributed by atoms with E-state index in [9.17, 15) is 31.2 Å². The van der Waals surface area contributed by atoms with Crippen molar-refractivity contribution >= 4 is 21.8 Å². The molecule has 2 rings (SSSR count). The summed E-state index contributed by atoms with van der Waals surface area (Å²) >= 11 is 0. The van der Waals surface area contributed by atoms with E-state index in [1.807, 2.05) is 6.92 Å². The van der Waals surface area contributed by atoms with Crippen LogP contribution in [0.25, 0.3) is 0 Å². The van der Waals surface area contributed by atoms with Crippen LogP contribution in [0.15, 0.2) is 29.2 Å². The molecule has 1 aliphatic rings. The van der Waals surface area contributed by atoms with Gasteiger partial charge in [-0.1, -0.05) is 19.1 Å². The molecule has 0 spiro atoms. The zero-order chi connectivity index (χ0) is 22.4. The molecule has 11 heteroatoms. The standard InChI is InChI=1S/C19H26F3N3O4S/c1-2-10-23-17(26)7-11-24-18(27)14-8-12-25(13-9-14)30(28,29)16-6-4-3-5-15(16)19(20,21)22/h3-6,14H,2,7-13H2,1H3,(H,23,26)(H,24,27). The highest BCUT2D eigenvalue weighted by Gasteiger charge is 2.40. The Labute approximate surface area is 174 Å². The maximum absolute atomic E-state index is 13.2. The van der Waals surface area contributed by atoms with E-state index in [1.54, 1.807) is 0 Å². The van der Waals surface area contributed by atoms with Crippen LogP contribution in [0.5, 0.6) is 0 Å². The number of halogens is 3. The first-order chi connectivity index (χ1) is 14.1. The first-order valence-corrected chi connectivity index (χ1v) is 11.2. The Hall–Kier alpha value is -2.14. The number of carbonyl (C=O) groups is 2. The number of piperidine rings is 1. The molecular weight excluding hydrogens is 423 g/mol. The number of alkyl halides is 3. The summed E-state index contributed by atoms with van der Waals surface area (Å²) in [5.41, 5.74) is -1.20. The zero-order valence-corrected chi connectivity index (χ0v) is 17.5. The summed E-state index contributed by atoms with van der Waals surface area (Å²) in [6.07, 6.45) is -3.44. The minimum absolute atomic E-state index is 0.0520. The van der Waals surface area contributed by atoms with E-state index in [-0.39, 0.29) is 50.7 Å². The molecule has 0 radical (unpaired) electrons. The van der Waals surface area contributed by atoms with Crippen LogP contribution in [0.1, 0.15) is 38.2 Å². The van der Waals surface area contributed by atoms with E-state index >= 15 is 0 Å². The topological polar surface area (TPSA) is 95.6 Å². The fraction of sp³-hybridized carbons (Fsp3) is 0.579. The number of rotatable bonds is 8. The summed E-state index contributed by atoms with van der Waals surface area (Å²) in [5.74, 6) is -0.902. The largest absolute Gasteiger partial charge is 0.417 e. The second-order valence-corrected chi connectivity index (χ2v) is 8.97. The lowest BCUT2D eigenvalue weighted by atomic mass is 9.97. The van der Waals surface area contributed by atoms with Gasteiger partial charge in [0.25, 0.3) is 0 Å². The van der Waals surface area contributed by atoms with Gasteiger partial charge in [-0.2, -0.15) is 17.5 Å². The van der Waals surface area contributed by atoms with Crippen molar-refractivity contribution in [2.24, 2.45) is 5.92 Å². The molecule has 2 N–H and O–H groups in total. The van der Waals surface area contributed by atoms with Crippen LogP contribution < -0.4 is 10.6 Å². The number of nitrogens with zero attached hydrogens (tertiary/aromatic N) is 1. The third kappa shape index (κ3) is 6.18. The van der Waals surface area contributed by atoms with Gasteiger partial charge in [0.05, 0.1) is 10.5 Å². The molecule has 1 saturated heterocycles. The van der Waals surface area contributed by atoms with Crippen molar-refractivity contribution in [3.63, 3.8) is 0 Å². The lowest BCUT2D eigenvalue weighted by Gasteiger charge is -2.31. The summed E-state index contributed by atoms with van der Waals surface area (Å²) in [5, 5.41) is 5.35. The van der Waals surface area contributed by atoms with Crippen LogP contribution >= 0.6 is 0 Å². The van der Waals surface area contributed by atoms with Crippen molar-refractivity contribution in [3.05, 3.63) is 29.8 Å². The molecule has 1 fully saturated rings. The lowest BCUT2D eigenvalue weighted by Crippen LogP contribution is -2.43. The number of benzene rings is 1. The Balaban J connectivity index is 1.93. The van der Waals surface area contributed by atoms with Crippen molar-refractivity contribution in [3.8, 4) is 0 Å². The second kappa shape index (κ2) is 10.3. The molecule has 0 aromatic heterocycles. The molecule has 30 heavy (non-hydrogen) atoms. The van der Waals surface area contributed by atoms with Gasteiger partial charge in [-0.15, -0.1) is 0 Å². The summed E-state index contributed by atoms with van der Waals surface area (Å²) < 4.78 is 66.1. The number of hydrogen-bond donors (Lipinski definition) is 2. The first kappa shape index (κ1) is 24.1. The highest BCUT2D eigenvalue weighted by molar-refractivity contribution is 7.89. The summed E-state index contributed by atoms with van der Waals surface area (Å²) in [6.45, 7) is 2.56. The Morgan fingerprint density at radius 2 is 1.73 bits per heavy atom. The van der Waals surface area contributed by atoms with E-state index in [4.69, 9.17) is 0 Å². The molecule has 2 amide bonds. The minimum Gasteiger partial charge on any atom is -0.356 e. The van der Waals surface area contributed by atoms with Gasteiger partial charge in [-0.05, 0) is 31.4 Å². The van der Waals surface area contributed by atoms with E-state index in [0.29, 0.717) is 6.54 Å². The maximum atomic E-state index is 13.2. The third-order valence-corrected chi connectivity index (χ3v) is 6.82. The predicted molar refractivity (Wildman–Crippen MR) is 104 cm³/mol. The van der Waals surface area contributed by atoms with E-state index in [2.05, 4.69) is 10.6 Å². The molecule has 0 bridgehead atoms. The van der Waals surface area contributed by atoms with Crippen molar-refractivity contribution < 1.29 is 31.2 Å². The van der Waals surface area contributed by atoms with Gasteiger partial charge in [0, 0.05) is 38.5 Å². The predicted octanol–water partition coefficient (Wildman–Crippen LogP) is 2.14. The maximum Gasteiger partial charge on any atom is 0.417 e. The van der Waals surface area contributed by atoms with Gasteiger partial charge >= 0.3 is 6.18 Å². The number of carbonyl (C=O) groups excluding carboxylic acids is 2. The quantitative estimate of drug-likeness (QED) is 0.636. The molecule has 0 saturated carbocycles. The molecule has 0 aliphatic carbocycles. The van der Waals surface area contributed by atoms with E-state index in [1.165, 1.54) is 6.07 Å². The normalized spacial score (nSPS) is 16.3. The summed E-state index contributed by atoms with van der Waals surface area (Å²) in [6, 6.07) is 4.07. The average molecular weight is 449 g/mol. The molecular formula is C19H26F3N3O4S. The van der Waals surface area contributed by atoms with Crippen molar-refractivity contribution in [2.75, 3.05) is 26.2 Å². The minimum atomic E-state index is -4.79. The average Bonchev–Trinajstić information content (AvgIpc) is 2.71. The monoisotopic (exact) mass is 449 g/mol. The molecule has 0 unspecified atom stereocenters. The molecule has 1 heterocycles. The Kier molecular flexibility index (Phi) is 8.25. The van der Waals surface area contributed by atoms with Crippen molar-refractivity contribution in [2.45, 2.75) is 43.7 Å². The van der Waals surface area contributed by atoms with Crippen LogP contribution in [0.2, 0.25) is 0 Å². The highest BCUT2D eigenvalue weighted by Crippen LogP contribution is 2.36. The van der Waals surface area contributed by atoms with Gasteiger partial charge in [-0.3, -0.25) is 9.59 Å². The molecule has 1 aliphatic heterocycles. The smallest absolute Gasteiger partial charge is 0.356 e. The van der Waals surface area contributed by atoms with Crippen LogP contribution in [-0.2, 0) is 25.8 Å². The number of hydrogen-bond acceptors (Lipinski definition) is 4. The van der Waals surface area contributed by atoms with Crippen molar-refractivity contribution in [1.82, 2.24) is 14.9 Å². The lowest BCUT2D eigenvalue weighted by molar-refractivity contribution is -0.140. The summed E-state index contributed by atoms with van der Waals surface area (Å²) in [7, 11) is -4.33. The number of amides is 2. The van der Waals surface area contributed by atoms with E-state index < -0.39 is 32.6 Å². The fourth-order valence-corrected chi connectivity index (χ4v) is 4.90. The van der Waals surface area contributed by atoms with Gasteiger partial charge in [-0.25, -0.2) is 8.42 Å². The second-order valence-electron chi connectivity index (χ2n) is 7.06. The number of sulfonamides is 1. The van der Waals surface area contributed by atoms with Crippen LogP contribution in [-0.4, -0.2) is 50.7 Å². The van der Waals surface area contributed by atoms with E-state index in [0.717, 1.165) is 28.9 Å². The van der Waals surface area contributed by atoms with Gasteiger partial charge in [0.1, 0.15) is 0 Å². The Morgan fingerprint density at radius 3 is 2.33 bits per heavy atom. The molecule has 0 atom stereocenters. The van der Waals surface area contributed by atoms with Crippen LogP contribution in [0.3, 0.4) is 0 Å². The Morgan fingerprint density at radius 1 is 1.10 bits per heavy atom. The van der Waals surface area contributed by atoms with Crippen LogP contribution in [0, 0.1) is 5.92 Å². The molecule has 1 aromatic carbocycles. The van der Waals surface area contributed by atoms with Gasteiger partial charge in [0.15, 0.2) is 0 Å². The van der Waals surface area contributed by atoms with Crippen LogP contribution in [0.4, 0.5) is 13.2 Å². The molecule has 168 valence electrons. The fourth-order valence-electron chi connectivity index (χ4n) is 3.22. The molecule has 1 aromatic rings. The van der Waals surface area contributed by atoms with Gasteiger partial charge in [0.2, 0.25) is 21.8 Å². The SMILES string of the molecule is CCCNC(=O)CCNC(=O)C1CCN(S(=O)(=O)c2ccccc2C(F)(F)F)CC1.